The van der Waals surface area contributed by atoms with Crippen LogP contribution in [0.5, 0.6) is 0 Å². The molecule has 1 saturated heterocycles. The molecule has 0 unspecified atom stereocenters. The van der Waals surface area contributed by atoms with E-state index >= 15 is 0 Å². The van der Waals surface area contributed by atoms with Crippen molar-refractivity contribution in [1.29, 1.82) is 0 Å². The number of hydrogen-bond donors (Lipinski definition) is 2. The predicted octanol–water partition coefficient (Wildman–Crippen LogP) is 2.59. The van der Waals surface area contributed by atoms with Gasteiger partial charge < -0.3 is 10.6 Å². The molecule has 2 amide bonds. The van der Waals surface area contributed by atoms with Crippen LogP contribution in [0.2, 0.25) is 5.02 Å². The Bertz CT molecular complexity index is 1050. The molecule has 3 rings (SSSR count). The van der Waals surface area contributed by atoms with E-state index in [1.54, 1.807) is 0 Å². The first kappa shape index (κ1) is 22.0. The molecule has 1 aliphatic heterocycles. The molecule has 0 radical (unpaired) electrons. The highest BCUT2D eigenvalue weighted by Gasteiger charge is 2.38. The van der Waals surface area contributed by atoms with E-state index in [0.717, 1.165) is 11.6 Å². The van der Waals surface area contributed by atoms with Crippen molar-refractivity contribution in [2.75, 3.05) is 18.4 Å². The van der Waals surface area contributed by atoms with Crippen molar-refractivity contribution in [3.8, 4) is 0 Å². The Balaban J connectivity index is 1.58. The van der Waals surface area contributed by atoms with Gasteiger partial charge in [0.2, 0.25) is 21.8 Å². The van der Waals surface area contributed by atoms with Gasteiger partial charge >= 0.3 is 0 Å². The van der Waals surface area contributed by atoms with Gasteiger partial charge in [0, 0.05) is 25.2 Å². The van der Waals surface area contributed by atoms with Crippen molar-refractivity contribution in [1.82, 2.24) is 9.62 Å². The number of anilines is 1. The van der Waals surface area contributed by atoms with Crippen LogP contribution in [0.25, 0.3) is 0 Å². The molecule has 2 N–H and O–H groups in total. The smallest absolute Gasteiger partial charge is 0.244 e. The largest absolute Gasteiger partial charge is 0.347 e. The first-order chi connectivity index (χ1) is 14.3. The standard InChI is InChI=1S/C21H22ClN3O4S/c1-2-20(26)24-17-13-25(14-17)30(28,29)19-10-9-16(12-18(19)22)23-21(27)11-8-15-6-4-3-5-7-15/h2-7,9-10,12,17H,1,8,11,13-14H2,(H,23,27)(H,24,26). The van der Waals surface area contributed by atoms with E-state index in [1.807, 2.05) is 30.3 Å². The van der Waals surface area contributed by atoms with Crippen LogP contribution < -0.4 is 10.6 Å². The van der Waals surface area contributed by atoms with Crippen LogP contribution in [0.1, 0.15) is 12.0 Å². The SMILES string of the molecule is C=CC(=O)NC1CN(S(=O)(=O)c2ccc(NC(=O)CCc3ccccc3)cc2Cl)C1. The zero-order valence-corrected chi connectivity index (χ0v) is 17.7. The lowest BCUT2D eigenvalue weighted by Gasteiger charge is -2.38. The zero-order chi connectivity index (χ0) is 21.7. The van der Waals surface area contributed by atoms with Gasteiger partial charge in [-0.1, -0.05) is 48.5 Å². The van der Waals surface area contributed by atoms with Crippen LogP contribution >= 0.6 is 11.6 Å². The Morgan fingerprint density at radius 1 is 1.17 bits per heavy atom. The van der Waals surface area contributed by atoms with E-state index in [4.69, 9.17) is 11.6 Å². The Hall–Kier alpha value is -2.68. The molecule has 1 aliphatic rings. The molecular formula is C21H22ClN3O4S. The van der Waals surface area contributed by atoms with Crippen LogP contribution in [0.4, 0.5) is 5.69 Å². The molecule has 0 spiro atoms. The van der Waals surface area contributed by atoms with Gasteiger partial charge in [-0.2, -0.15) is 4.31 Å². The number of halogens is 1. The molecule has 1 fully saturated rings. The average molecular weight is 448 g/mol. The molecule has 9 heteroatoms. The molecule has 2 aromatic rings. The first-order valence-corrected chi connectivity index (χ1v) is 11.2. The quantitative estimate of drug-likeness (QED) is 0.608. The van der Waals surface area contributed by atoms with E-state index in [-0.39, 0.29) is 40.9 Å². The fourth-order valence-corrected chi connectivity index (χ4v) is 5.09. The molecule has 0 bridgehead atoms. The highest BCUT2D eigenvalue weighted by Crippen LogP contribution is 2.30. The summed E-state index contributed by atoms with van der Waals surface area (Å²) in [6.45, 7) is 3.69. The van der Waals surface area contributed by atoms with Crippen LogP contribution in [-0.4, -0.2) is 43.7 Å². The Kier molecular flexibility index (Phi) is 6.91. The van der Waals surface area contributed by atoms with Crippen LogP contribution in [0.3, 0.4) is 0 Å². The number of aryl methyl sites for hydroxylation is 1. The third-order valence-electron chi connectivity index (χ3n) is 4.70. The maximum Gasteiger partial charge on any atom is 0.244 e. The Morgan fingerprint density at radius 2 is 1.87 bits per heavy atom. The number of hydrogen-bond acceptors (Lipinski definition) is 4. The molecule has 0 atom stereocenters. The van der Waals surface area contributed by atoms with Crippen LogP contribution in [-0.2, 0) is 26.0 Å². The van der Waals surface area contributed by atoms with Crippen molar-refractivity contribution in [3.05, 3.63) is 71.8 Å². The van der Waals surface area contributed by atoms with Crippen molar-refractivity contribution in [2.24, 2.45) is 0 Å². The lowest BCUT2D eigenvalue weighted by Crippen LogP contribution is -2.60. The van der Waals surface area contributed by atoms with Gasteiger partial charge in [-0.25, -0.2) is 8.42 Å². The van der Waals surface area contributed by atoms with E-state index in [0.29, 0.717) is 18.5 Å². The monoisotopic (exact) mass is 447 g/mol. The molecule has 158 valence electrons. The topological polar surface area (TPSA) is 95.6 Å². The van der Waals surface area contributed by atoms with E-state index in [9.17, 15) is 18.0 Å². The number of nitrogens with one attached hydrogen (secondary N) is 2. The lowest BCUT2D eigenvalue weighted by molar-refractivity contribution is -0.118. The number of amides is 2. The Morgan fingerprint density at radius 3 is 2.50 bits per heavy atom. The molecule has 2 aromatic carbocycles. The van der Waals surface area contributed by atoms with Crippen molar-refractivity contribution in [2.45, 2.75) is 23.8 Å². The average Bonchev–Trinajstić information content (AvgIpc) is 2.69. The van der Waals surface area contributed by atoms with Gasteiger partial charge in [-0.05, 0) is 36.3 Å². The molecule has 0 aromatic heterocycles. The number of nitrogens with zero attached hydrogens (tertiary/aromatic N) is 1. The third kappa shape index (κ3) is 5.27. The van der Waals surface area contributed by atoms with Gasteiger partial charge in [0.25, 0.3) is 0 Å². The molecule has 0 saturated carbocycles. The minimum atomic E-state index is -3.79. The van der Waals surface area contributed by atoms with Crippen LogP contribution in [0, 0.1) is 0 Å². The highest BCUT2D eigenvalue weighted by molar-refractivity contribution is 7.89. The van der Waals surface area contributed by atoms with E-state index in [1.165, 1.54) is 22.5 Å². The summed E-state index contributed by atoms with van der Waals surface area (Å²) in [5.41, 5.74) is 1.49. The minimum Gasteiger partial charge on any atom is -0.347 e. The summed E-state index contributed by atoms with van der Waals surface area (Å²) in [6, 6.07) is 13.7. The molecule has 0 aliphatic carbocycles. The van der Waals surface area contributed by atoms with Gasteiger partial charge in [0.1, 0.15) is 4.90 Å². The zero-order valence-electron chi connectivity index (χ0n) is 16.2. The Labute approximate surface area is 180 Å². The third-order valence-corrected chi connectivity index (χ3v) is 7.01. The van der Waals surface area contributed by atoms with Crippen molar-refractivity contribution < 1.29 is 18.0 Å². The fourth-order valence-electron chi connectivity index (χ4n) is 3.04. The number of carbonyl (C=O) groups excluding carboxylic acids is 2. The number of carbonyl (C=O) groups is 2. The number of sulfonamides is 1. The van der Waals surface area contributed by atoms with Crippen molar-refractivity contribution >= 4 is 39.1 Å². The fraction of sp³-hybridized carbons (Fsp3) is 0.238. The molecule has 7 nitrogen and oxygen atoms in total. The summed E-state index contributed by atoms with van der Waals surface area (Å²) >= 11 is 6.20. The second kappa shape index (κ2) is 9.42. The van der Waals surface area contributed by atoms with Gasteiger partial charge in [0.15, 0.2) is 0 Å². The minimum absolute atomic E-state index is 0.0226. The first-order valence-electron chi connectivity index (χ1n) is 9.36. The lowest BCUT2D eigenvalue weighted by atomic mass is 10.1. The normalized spacial score (nSPS) is 14.6. The van der Waals surface area contributed by atoms with Gasteiger partial charge in [-0.3, -0.25) is 9.59 Å². The van der Waals surface area contributed by atoms with E-state index < -0.39 is 10.0 Å². The summed E-state index contributed by atoms with van der Waals surface area (Å²) in [7, 11) is -3.79. The van der Waals surface area contributed by atoms with Gasteiger partial charge in [-0.15, -0.1) is 0 Å². The molecule has 1 heterocycles. The maximum atomic E-state index is 12.8. The predicted molar refractivity (Wildman–Crippen MR) is 116 cm³/mol. The maximum absolute atomic E-state index is 12.8. The number of rotatable bonds is 8. The molecular weight excluding hydrogens is 426 g/mol. The second-order valence-electron chi connectivity index (χ2n) is 6.91. The van der Waals surface area contributed by atoms with Crippen molar-refractivity contribution in [3.63, 3.8) is 0 Å². The second-order valence-corrected chi connectivity index (χ2v) is 9.22. The van der Waals surface area contributed by atoms with Crippen LogP contribution in [0.15, 0.2) is 66.1 Å². The summed E-state index contributed by atoms with van der Waals surface area (Å²) < 4.78 is 26.7. The number of benzene rings is 2. The summed E-state index contributed by atoms with van der Waals surface area (Å²) in [5, 5.41) is 5.40. The summed E-state index contributed by atoms with van der Waals surface area (Å²) in [4.78, 5) is 23.4. The summed E-state index contributed by atoms with van der Waals surface area (Å²) in [6.07, 6.45) is 2.04. The van der Waals surface area contributed by atoms with Gasteiger partial charge in [0.05, 0.1) is 11.1 Å². The summed E-state index contributed by atoms with van der Waals surface area (Å²) in [5.74, 6) is -0.531. The molecule has 30 heavy (non-hydrogen) atoms. The highest BCUT2D eigenvalue weighted by atomic mass is 35.5. The van der Waals surface area contributed by atoms with E-state index in [2.05, 4.69) is 17.2 Å².